The van der Waals surface area contributed by atoms with Crippen LogP contribution < -0.4 is 5.32 Å². The largest absolute Gasteiger partial charge is 0.478 e. The van der Waals surface area contributed by atoms with E-state index in [4.69, 9.17) is 5.11 Å². The van der Waals surface area contributed by atoms with Crippen LogP contribution in [0.5, 0.6) is 0 Å². The van der Waals surface area contributed by atoms with Gasteiger partial charge in [0.2, 0.25) is 5.91 Å². The molecule has 1 aromatic carbocycles. The van der Waals surface area contributed by atoms with E-state index in [-0.39, 0.29) is 11.9 Å². The first-order valence-corrected chi connectivity index (χ1v) is 7.80. The zero-order valence-electron chi connectivity index (χ0n) is 13.2. The minimum absolute atomic E-state index is 0.0666. The van der Waals surface area contributed by atoms with E-state index in [1.807, 2.05) is 26.0 Å². The number of benzene rings is 1. The number of carboxylic acids is 1. The zero-order valence-corrected chi connectivity index (χ0v) is 13.2. The molecular weight excluding hydrogens is 280 g/mol. The number of piperidine rings is 1. The van der Waals surface area contributed by atoms with E-state index in [9.17, 15) is 9.59 Å². The molecule has 1 fully saturated rings. The molecule has 0 saturated carbocycles. The maximum atomic E-state index is 11.9. The predicted octanol–water partition coefficient (Wildman–Crippen LogP) is 2.09. The topological polar surface area (TPSA) is 69.6 Å². The Morgan fingerprint density at radius 2 is 2.00 bits per heavy atom. The summed E-state index contributed by atoms with van der Waals surface area (Å²) in [6.45, 7) is 6.14. The van der Waals surface area contributed by atoms with Crippen molar-refractivity contribution in [1.82, 2.24) is 10.2 Å². The molecular formula is C17H24N2O3. The molecule has 0 aromatic heterocycles. The van der Waals surface area contributed by atoms with Crippen LogP contribution in [0.1, 0.15) is 48.5 Å². The quantitative estimate of drug-likeness (QED) is 0.874. The first-order chi connectivity index (χ1) is 10.5. The molecule has 1 aliphatic heterocycles. The molecule has 1 atom stereocenters. The Morgan fingerprint density at radius 3 is 2.59 bits per heavy atom. The molecule has 2 N–H and O–H groups in total. The lowest BCUT2D eigenvalue weighted by Crippen LogP contribution is -2.43. The monoisotopic (exact) mass is 304 g/mol. The number of amides is 1. The van der Waals surface area contributed by atoms with Gasteiger partial charge in [-0.3, -0.25) is 9.69 Å². The molecule has 1 aliphatic rings. The SMILES string of the molecule is CC(C)NC(=O)CN1CCC[C@H](c2ccc(C(=O)O)cc2)C1. The third-order valence-corrected chi connectivity index (χ3v) is 3.95. The number of hydrogen-bond donors (Lipinski definition) is 2. The number of aromatic carboxylic acids is 1. The van der Waals surface area contributed by atoms with Crippen LogP contribution in [0, 0.1) is 0 Å². The lowest BCUT2D eigenvalue weighted by atomic mass is 9.90. The number of rotatable bonds is 5. The van der Waals surface area contributed by atoms with Gasteiger partial charge in [0.1, 0.15) is 0 Å². The summed E-state index contributed by atoms with van der Waals surface area (Å²) in [7, 11) is 0. The van der Waals surface area contributed by atoms with Crippen LogP contribution in [0.25, 0.3) is 0 Å². The van der Waals surface area contributed by atoms with Gasteiger partial charge in [0.15, 0.2) is 0 Å². The van der Waals surface area contributed by atoms with E-state index in [1.165, 1.54) is 0 Å². The van der Waals surface area contributed by atoms with Crippen LogP contribution in [-0.4, -0.2) is 47.6 Å². The standard InChI is InChI=1S/C17H24N2O3/c1-12(2)18-16(20)11-19-9-3-4-15(10-19)13-5-7-14(8-6-13)17(21)22/h5-8,12,15H,3-4,9-11H2,1-2H3,(H,18,20)(H,21,22)/t15-/m0/s1. The fraction of sp³-hybridized carbons (Fsp3) is 0.529. The maximum absolute atomic E-state index is 11.9. The summed E-state index contributed by atoms with van der Waals surface area (Å²) in [6.07, 6.45) is 2.13. The smallest absolute Gasteiger partial charge is 0.335 e. The Morgan fingerprint density at radius 1 is 1.32 bits per heavy atom. The first kappa shape index (κ1) is 16.5. The summed E-state index contributed by atoms with van der Waals surface area (Å²) < 4.78 is 0. The van der Waals surface area contributed by atoms with E-state index in [2.05, 4.69) is 10.2 Å². The first-order valence-electron chi connectivity index (χ1n) is 7.80. The third kappa shape index (κ3) is 4.56. The molecule has 22 heavy (non-hydrogen) atoms. The van der Waals surface area contributed by atoms with Crippen LogP contribution in [0.3, 0.4) is 0 Å². The summed E-state index contributed by atoms with van der Waals surface area (Å²) in [5.41, 5.74) is 1.46. The van der Waals surface area contributed by atoms with Crippen molar-refractivity contribution in [2.24, 2.45) is 0 Å². The molecule has 1 aromatic rings. The van der Waals surface area contributed by atoms with Gasteiger partial charge in [-0.2, -0.15) is 0 Å². The van der Waals surface area contributed by atoms with Crippen LogP contribution >= 0.6 is 0 Å². The highest BCUT2D eigenvalue weighted by atomic mass is 16.4. The number of nitrogens with zero attached hydrogens (tertiary/aromatic N) is 1. The molecule has 0 unspecified atom stereocenters. The van der Waals surface area contributed by atoms with Gasteiger partial charge in [-0.1, -0.05) is 12.1 Å². The molecule has 0 radical (unpaired) electrons. The Balaban J connectivity index is 1.95. The van der Waals surface area contributed by atoms with Gasteiger partial charge in [0.25, 0.3) is 0 Å². The highest BCUT2D eigenvalue weighted by molar-refractivity contribution is 5.87. The number of hydrogen-bond acceptors (Lipinski definition) is 3. The molecule has 0 spiro atoms. The average molecular weight is 304 g/mol. The van der Waals surface area contributed by atoms with Crippen LogP contribution in [-0.2, 0) is 4.79 Å². The normalized spacial score (nSPS) is 19.1. The Labute approximate surface area is 131 Å². The number of carbonyl (C=O) groups is 2. The van der Waals surface area contributed by atoms with Gasteiger partial charge < -0.3 is 10.4 Å². The molecule has 1 amide bonds. The predicted molar refractivity (Wildman–Crippen MR) is 85.1 cm³/mol. The highest BCUT2D eigenvalue weighted by Crippen LogP contribution is 2.27. The molecule has 2 rings (SSSR count). The van der Waals surface area contributed by atoms with Gasteiger partial charge in [-0.25, -0.2) is 4.79 Å². The fourth-order valence-corrected chi connectivity index (χ4v) is 2.94. The molecule has 1 saturated heterocycles. The molecule has 0 bridgehead atoms. The van der Waals surface area contributed by atoms with Crippen LogP contribution in [0.15, 0.2) is 24.3 Å². The molecule has 5 nitrogen and oxygen atoms in total. The molecule has 0 aliphatic carbocycles. The number of carbonyl (C=O) groups excluding carboxylic acids is 1. The van der Waals surface area contributed by atoms with E-state index in [0.29, 0.717) is 18.0 Å². The Kier molecular flexibility index (Phi) is 5.55. The zero-order chi connectivity index (χ0) is 16.1. The summed E-state index contributed by atoms with van der Waals surface area (Å²) in [4.78, 5) is 24.9. The molecule has 1 heterocycles. The van der Waals surface area contributed by atoms with E-state index in [0.717, 1.165) is 31.5 Å². The summed E-state index contributed by atoms with van der Waals surface area (Å²) in [5, 5.41) is 11.9. The second kappa shape index (κ2) is 7.40. The van der Waals surface area contributed by atoms with Gasteiger partial charge in [-0.15, -0.1) is 0 Å². The van der Waals surface area contributed by atoms with Gasteiger partial charge in [-0.05, 0) is 56.8 Å². The van der Waals surface area contributed by atoms with Gasteiger partial charge >= 0.3 is 5.97 Å². The minimum atomic E-state index is -0.901. The molecule has 5 heteroatoms. The van der Waals surface area contributed by atoms with E-state index >= 15 is 0 Å². The Hall–Kier alpha value is -1.88. The second-order valence-electron chi connectivity index (χ2n) is 6.22. The highest BCUT2D eigenvalue weighted by Gasteiger charge is 2.23. The number of nitrogens with one attached hydrogen (secondary N) is 1. The Bertz CT molecular complexity index is 525. The fourth-order valence-electron chi connectivity index (χ4n) is 2.94. The van der Waals surface area contributed by atoms with E-state index < -0.39 is 5.97 Å². The van der Waals surface area contributed by atoms with Crippen molar-refractivity contribution in [1.29, 1.82) is 0 Å². The minimum Gasteiger partial charge on any atom is -0.478 e. The number of carboxylic acid groups (broad SMARTS) is 1. The number of likely N-dealkylation sites (tertiary alicyclic amines) is 1. The van der Waals surface area contributed by atoms with Crippen LogP contribution in [0.2, 0.25) is 0 Å². The molecule has 120 valence electrons. The van der Waals surface area contributed by atoms with Crippen molar-refractivity contribution in [2.75, 3.05) is 19.6 Å². The van der Waals surface area contributed by atoms with Gasteiger partial charge in [0.05, 0.1) is 12.1 Å². The van der Waals surface area contributed by atoms with Crippen molar-refractivity contribution in [3.63, 3.8) is 0 Å². The van der Waals surface area contributed by atoms with E-state index in [1.54, 1.807) is 12.1 Å². The van der Waals surface area contributed by atoms with Crippen molar-refractivity contribution in [2.45, 2.75) is 38.6 Å². The van der Waals surface area contributed by atoms with Crippen molar-refractivity contribution < 1.29 is 14.7 Å². The maximum Gasteiger partial charge on any atom is 0.335 e. The summed E-state index contributed by atoms with van der Waals surface area (Å²) in [6, 6.07) is 7.26. The summed E-state index contributed by atoms with van der Waals surface area (Å²) in [5.74, 6) is -0.470. The van der Waals surface area contributed by atoms with Crippen molar-refractivity contribution in [3.05, 3.63) is 35.4 Å². The second-order valence-corrected chi connectivity index (χ2v) is 6.22. The summed E-state index contributed by atoms with van der Waals surface area (Å²) >= 11 is 0. The van der Waals surface area contributed by atoms with Crippen LogP contribution in [0.4, 0.5) is 0 Å². The lowest BCUT2D eigenvalue weighted by molar-refractivity contribution is -0.123. The van der Waals surface area contributed by atoms with Gasteiger partial charge in [0, 0.05) is 12.6 Å². The average Bonchev–Trinajstić information content (AvgIpc) is 2.46. The van der Waals surface area contributed by atoms with Crippen molar-refractivity contribution >= 4 is 11.9 Å². The third-order valence-electron chi connectivity index (χ3n) is 3.95. The van der Waals surface area contributed by atoms with Crippen molar-refractivity contribution in [3.8, 4) is 0 Å². The lowest BCUT2D eigenvalue weighted by Gasteiger charge is -2.32.